The van der Waals surface area contributed by atoms with Crippen molar-refractivity contribution < 1.29 is 13.9 Å². The average molecular weight is 316 g/mol. The normalized spacial score (nSPS) is 18.9. The zero-order chi connectivity index (χ0) is 16.4. The van der Waals surface area contributed by atoms with E-state index in [2.05, 4.69) is 0 Å². The van der Waals surface area contributed by atoms with Crippen LogP contribution < -0.4 is 16.1 Å². The molecule has 0 aliphatic carbocycles. The molecule has 0 unspecified atom stereocenters. The molecule has 1 amide bonds. The van der Waals surface area contributed by atoms with Crippen LogP contribution in [0.5, 0.6) is 5.75 Å². The van der Waals surface area contributed by atoms with Crippen LogP contribution in [-0.2, 0) is 11.3 Å². The number of nitrogens with two attached hydrogens (primary N) is 1. The largest absolute Gasteiger partial charge is 0.497 e. The predicted molar refractivity (Wildman–Crippen MR) is 86.3 cm³/mol. The predicted octanol–water partition coefficient (Wildman–Crippen LogP) is 1.64. The smallest absolute Gasteiger partial charge is 0.336 e. The van der Waals surface area contributed by atoms with Crippen LogP contribution in [0.4, 0.5) is 0 Å². The number of nitrogens with zero attached hydrogens (tertiary/aromatic N) is 1. The summed E-state index contributed by atoms with van der Waals surface area (Å²) < 4.78 is 10.4. The van der Waals surface area contributed by atoms with Gasteiger partial charge in [-0.05, 0) is 37.1 Å². The first-order valence-electron chi connectivity index (χ1n) is 7.72. The first kappa shape index (κ1) is 15.6. The Balaban J connectivity index is 1.98. The molecule has 122 valence electrons. The number of methoxy groups -OCH3 is 1. The second kappa shape index (κ2) is 6.42. The summed E-state index contributed by atoms with van der Waals surface area (Å²) in [4.78, 5) is 25.5. The number of rotatable bonds is 4. The van der Waals surface area contributed by atoms with Gasteiger partial charge in [-0.2, -0.15) is 0 Å². The lowest BCUT2D eigenvalue weighted by atomic mass is 10.00. The van der Waals surface area contributed by atoms with Crippen molar-refractivity contribution >= 4 is 16.9 Å². The van der Waals surface area contributed by atoms with E-state index in [4.69, 9.17) is 14.9 Å². The van der Waals surface area contributed by atoms with Crippen molar-refractivity contribution in [3.05, 3.63) is 40.2 Å². The minimum Gasteiger partial charge on any atom is -0.497 e. The molecule has 6 nitrogen and oxygen atoms in total. The molecular weight excluding hydrogens is 296 g/mol. The summed E-state index contributed by atoms with van der Waals surface area (Å²) in [6, 6.07) is 6.61. The van der Waals surface area contributed by atoms with Crippen LogP contribution in [-0.4, -0.2) is 30.5 Å². The molecule has 1 aromatic heterocycles. The molecule has 1 atom stereocenters. The van der Waals surface area contributed by atoms with Gasteiger partial charge in [0.25, 0.3) is 0 Å². The van der Waals surface area contributed by atoms with Crippen molar-refractivity contribution in [2.75, 3.05) is 13.7 Å². The summed E-state index contributed by atoms with van der Waals surface area (Å²) in [6.45, 7) is 1.30. The molecule has 1 aromatic carbocycles. The average Bonchev–Trinajstić information content (AvgIpc) is 2.54. The Morgan fingerprint density at radius 3 is 2.96 bits per heavy atom. The standard InChI is InChI=1S/C17H20N2O4/c1-22-12-5-6-13-11(8-16(20)23-15(13)9-12)10-19-7-3-2-4-14(19)17(18)21/h5-6,8-9,14H,2-4,7,10H2,1H3,(H2,18,21)/t14-/m0/s1. The Kier molecular flexibility index (Phi) is 4.34. The first-order chi connectivity index (χ1) is 11.1. The Labute approximate surface area is 133 Å². The molecular formula is C17H20N2O4. The van der Waals surface area contributed by atoms with Gasteiger partial charge in [0.05, 0.1) is 13.2 Å². The fourth-order valence-corrected chi connectivity index (χ4v) is 3.19. The highest BCUT2D eigenvalue weighted by molar-refractivity contribution is 5.82. The Morgan fingerprint density at radius 1 is 1.39 bits per heavy atom. The fraction of sp³-hybridized carbons (Fsp3) is 0.412. The first-order valence-corrected chi connectivity index (χ1v) is 7.72. The lowest BCUT2D eigenvalue weighted by Crippen LogP contribution is -2.47. The van der Waals surface area contributed by atoms with E-state index in [1.165, 1.54) is 6.07 Å². The van der Waals surface area contributed by atoms with Gasteiger partial charge in [-0.25, -0.2) is 4.79 Å². The number of primary amides is 1. The Morgan fingerprint density at radius 2 is 2.22 bits per heavy atom. The number of ether oxygens (including phenoxy) is 1. The number of carbonyl (C=O) groups excluding carboxylic acids is 1. The molecule has 1 saturated heterocycles. The van der Waals surface area contributed by atoms with Crippen molar-refractivity contribution in [2.45, 2.75) is 31.8 Å². The zero-order valence-electron chi connectivity index (χ0n) is 13.1. The molecule has 0 saturated carbocycles. The molecule has 1 fully saturated rings. The number of hydrogen-bond acceptors (Lipinski definition) is 5. The maximum atomic E-state index is 11.8. The van der Waals surface area contributed by atoms with E-state index in [0.29, 0.717) is 17.9 Å². The third-order valence-electron chi connectivity index (χ3n) is 4.35. The van der Waals surface area contributed by atoms with Crippen LogP contribution in [0.15, 0.2) is 33.5 Å². The van der Waals surface area contributed by atoms with Gasteiger partial charge in [0, 0.05) is 24.1 Å². The van der Waals surface area contributed by atoms with E-state index in [-0.39, 0.29) is 11.9 Å². The molecule has 2 heterocycles. The summed E-state index contributed by atoms with van der Waals surface area (Å²) in [5.74, 6) is 0.324. The fourth-order valence-electron chi connectivity index (χ4n) is 3.19. The maximum absolute atomic E-state index is 11.8. The van der Waals surface area contributed by atoms with Crippen molar-refractivity contribution in [3.8, 4) is 5.75 Å². The zero-order valence-corrected chi connectivity index (χ0v) is 13.1. The van der Waals surface area contributed by atoms with Gasteiger partial charge in [0.15, 0.2) is 0 Å². The van der Waals surface area contributed by atoms with E-state index in [1.807, 2.05) is 17.0 Å². The van der Waals surface area contributed by atoms with Crippen LogP contribution in [0.1, 0.15) is 24.8 Å². The number of amides is 1. The van der Waals surface area contributed by atoms with Crippen molar-refractivity contribution in [3.63, 3.8) is 0 Å². The highest BCUT2D eigenvalue weighted by Crippen LogP contribution is 2.25. The summed E-state index contributed by atoms with van der Waals surface area (Å²) in [6.07, 6.45) is 2.79. The van der Waals surface area contributed by atoms with Gasteiger partial charge in [-0.1, -0.05) is 6.42 Å². The third-order valence-corrected chi connectivity index (χ3v) is 4.35. The second-order valence-corrected chi connectivity index (χ2v) is 5.84. The molecule has 6 heteroatoms. The van der Waals surface area contributed by atoms with Gasteiger partial charge in [0.2, 0.25) is 5.91 Å². The summed E-state index contributed by atoms with van der Waals surface area (Å²) in [7, 11) is 1.56. The molecule has 23 heavy (non-hydrogen) atoms. The van der Waals surface area contributed by atoms with Crippen LogP contribution in [0, 0.1) is 0 Å². The second-order valence-electron chi connectivity index (χ2n) is 5.84. The van der Waals surface area contributed by atoms with Gasteiger partial charge < -0.3 is 14.9 Å². The number of benzene rings is 1. The van der Waals surface area contributed by atoms with Gasteiger partial charge >= 0.3 is 5.63 Å². The number of hydrogen-bond donors (Lipinski definition) is 1. The van der Waals surface area contributed by atoms with Gasteiger partial charge in [0.1, 0.15) is 11.3 Å². The van der Waals surface area contributed by atoms with Crippen LogP contribution in [0.25, 0.3) is 11.0 Å². The summed E-state index contributed by atoms with van der Waals surface area (Å²) in [5.41, 5.74) is 6.43. The van der Waals surface area contributed by atoms with Crippen LogP contribution in [0.3, 0.4) is 0 Å². The van der Waals surface area contributed by atoms with Gasteiger partial charge in [-0.3, -0.25) is 9.69 Å². The lowest BCUT2D eigenvalue weighted by Gasteiger charge is -2.33. The summed E-state index contributed by atoms with van der Waals surface area (Å²) >= 11 is 0. The lowest BCUT2D eigenvalue weighted by molar-refractivity contribution is -0.124. The molecule has 0 radical (unpaired) electrons. The number of carbonyl (C=O) groups is 1. The van der Waals surface area contributed by atoms with E-state index >= 15 is 0 Å². The van der Waals surface area contributed by atoms with Crippen molar-refractivity contribution in [2.24, 2.45) is 5.73 Å². The Hall–Kier alpha value is -2.34. The quantitative estimate of drug-likeness (QED) is 0.867. The van der Waals surface area contributed by atoms with Crippen molar-refractivity contribution in [1.82, 2.24) is 4.90 Å². The van der Waals surface area contributed by atoms with E-state index in [0.717, 1.165) is 36.8 Å². The van der Waals surface area contributed by atoms with Crippen LogP contribution >= 0.6 is 0 Å². The minimum absolute atomic E-state index is 0.274. The molecule has 0 bridgehead atoms. The molecule has 2 aromatic rings. The van der Waals surface area contributed by atoms with E-state index < -0.39 is 5.63 Å². The molecule has 1 aliphatic heterocycles. The minimum atomic E-state index is -0.409. The van der Waals surface area contributed by atoms with Gasteiger partial charge in [-0.15, -0.1) is 0 Å². The van der Waals surface area contributed by atoms with E-state index in [1.54, 1.807) is 13.2 Å². The Bertz CT molecular complexity index is 784. The van der Waals surface area contributed by atoms with E-state index in [9.17, 15) is 9.59 Å². The molecule has 0 spiro atoms. The molecule has 1 aliphatic rings. The number of likely N-dealkylation sites (tertiary alicyclic amines) is 1. The van der Waals surface area contributed by atoms with Crippen LogP contribution in [0.2, 0.25) is 0 Å². The highest BCUT2D eigenvalue weighted by atomic mass is 16.5. The maximum Gasteiger partial charge on any atom is 0.336 e. The SMILES string of the molecule is COc1ccc2c(CN3CCCC[C@H]3C(N)=O)cc(=O)oc2c1. The highest BCUT2D eigenvalue weighted by Gasteiger charge is 2.27. The molecule has 2 N–H and O–H groups in total. The number of piperidine rings is 1. The molecule has 3 rings (SSSR count). The monoisotopic (exact) mass is 316 g/mol. The summed E-state index contributed by atoms with van der Waals surface area (Å²) in [5, 5.41) is 0.846. The van der Waals surface area contributed by atoms with Crippen molar-refractivity contribution in [1.29, 1.82) is 0 Å². The third kappa shape index (κ3) is 3.22. The number of fused-ring (bicyclic) bond motifs is 1. The topological polar surface area (TPSA) is 85.8 Å².